The molecule has 0 atom stereocenters. The maximum absolute atomic E-state index is 6.02. The van der Waals surface area contributed by atoms with Crippen LogP contribution < -0.4 is 0 Å². The lowest BCUT2D eigenvalue weighted by molar-refractivity contribution is 0.893. The predicted octanol–water partition coefficient (Wildman–Crippen LogP) is 27.0. The highest BCUT2D eigenvalue weighted by Crippen LogP contribution is 2.51. The molecule has 0 bridgehead atoms. The van der Waals surface area contributed by atoms with Crippen molar-refractivity contribution in [1.29, 1.82) is 0 Å². The first-order valence-electron chi connectivity index (χ1n) is 39.1. The van der Waals surface area contributed by atoms with E-state index < -0.39 is 0 Å². The third kappa shape index (κ3) is 8.91. The fraction of sp³-hybridized carbons (Fsp3) is 0. The second-order valence-corrected chi connectivity index (χ2v) is 32.3. The fourth-order valence-corrected chi connectivity index (χ4v) is 21.8. The number of thiophene rings is 2. The number of nitrogens with zero attached hydrogens (tertiary/aromatic N) is 11. The molecule has 0 aliphatic carbocycles. The van der Waals surface area contributed by atoms with Crippen LogP contribution in [0.15, 0.2) is 358 Å². The molecule has 26 aromatic rings. The van der Waals surface area contributed by atoms with Gasteiger partial charge in [-0.15, -0.1) is 22.7 Å². The summed E-state index contributed by atoms with van der Waals surface area (Å²) in [5.41, 5.74) is 18.6. The zero-order chi connectivity index (χ0) is 75.5. The smallest absolute Gasteiger partial charge is 0.240 e. The van der Waals surface area contributed by atoms with E-state index >= 15 is 0 Å². The van der Waals surface area contributed by atoms with E-state index in [1.165, 1.54) is 20.9 Å². The summed E-state index contributed by atoms with van der Waals surface area (Å²) in [7, 11) is 0. The van der Waals surface area contributed by atoms with Gasteiger partial charge < -0.3 is 9.13 Å². The molecule has 0 saturated carbocycles. The van der Waals surface area contributed by atoms with Crippen molar-refractivity contribution in [3.8, 4) is 68.8 Å². The second-order valence-electron chi connectivity index (χ2n) is 30.2. The number of hydrogen-bond donors (Lipinski definition) is 0. The Balaban J connectivity index is 0.728. The molecular formula is C103H59N11S2. The average Bonchev–Trinajstić information content (AvgIpc) is 1.56. The van der Waals surface area contributed by atoms with E-state index in [9.17, 15) is 0 Å². The van der Waals surface area contributed by atoms with E-state index in [2.05, 4.69) is 385 Å². The molecule has 0 saturated heterocycles. The molecule has 0 unspecified atom stereocenters. The lowest BCUT2D eigenvalue weighted by Crippen LogP contribution is -2.11. The zero-order valence-electron chi connectivity index (χ0n) is 61.8. The molecule has 116 heavy (non-hydrogen) atoms. The van der Waals surface area contributed by atoms with Crippen LogP contribution >= 0.6 is 22.7 Å². The van der Waals surface area contributed by atoms with Crippen molar-refractivity contribution in [2.45, 2.75) is 0 Å². The number of fused-ring (bicyclic) bond motifs is 24. The highest BCUT2D eigenvalue weighted by atomic mass is 32.1. The minimum Gasteiger partial charge on any atom is -0.308 e. The second kappa shape index (κ2) is 24.2. The molecule has 16 aromatic carbocycles. The molecule has 0 radical (unpaired) electrons. The molecule has 13 heteroatoms. The summed E-state index contributed by atoms with van der Waals surface area (Å²) >= 11 is 3.60. The summed E-state index contributed by atoms with van der Waals surface area (Å²) in [6.45, 7) is 0. The van der Waals surface area contributed by atoms with Gasteiger partial charge in [0.2, 0.25) is 11.9 Å². The van der Waals surface area contributed by atoms with Crippen molar-refractivity contribution in [3.63, 3.8) is 0 Å². The summed E-state index contributed by atoms with van der Waals surface area (Å²) in [5, 5.41) is 18.3. The zero-order valence-corrected chi connectivity index (χ0v) is 63.4. The maximum atomic E-state index is 6.02. The standard InChI is InChI=1S/C103H59N11S2/c1-13-39-77-62(26-1)63-27-2-14-40-78(63)109(77)89-56-53-74-73-37-12-24-50-91(73)115-98(74)96(89)100-104-93(111-81-43-17-5-30-66(81)67-31-6-18-44-82(67)111)59-94(105-100)112-83-45-19-11-36-72(83)76-58-60(52-55-88(76)112)61-38-25-51-92-95(61)75-54-57-90(110-79-41-15-3-28-64(79)65-29-4-16-42-80(65)110)97(99(75)116-92)101-106-102(113-84-46-20-7-32-68(84)69-33-8-21-47-85(69)113)108-103(107-101)114-86-48-22-9-34-70(86)71-35-10-23-49-87(71)114/h1-59H. The van der Waals surface area contributed by atoms with E-state index in [1.54, 1.807) is 22.7 Å². The molecule has 0 fully saturated rings. The first-order valence-corrected chi connectivity index (χ1v) is 40.8. The lowest BCUT2D eigenvalue weighted by atomic mass is 9.97. The van der Waals surface area contributed by atoms with Gasteiger partial charge in [0, 0.05) is 111 Å². The summed E-state index contributed by atoms with van der Waals surface area (Å²) in [6.07, 6.45) is 0. The molecule has 0 aliphatic heterocycles. The van der Waals surface area contributed by atoms with Crippen LogP contribution in [0.2, 0.25) is 0 Å². The quantitative estimate of drug-likeness (QED) is 0.144. The van der Waals surface area contributed by atoms with Crippen LogP contribution in [0.4, 0.5) is 0 Å². The Morgan fingerprint density at radius 3 is 0.922 bits per heavy atom. The maximum Gasteiger partial charge on any atom is 0.240 e. The van der Waals surface area contributed by atoms with Gasteiger partial charge in [0.15, 0.2) is 11.6 Å². The van der Waals surface area contributed by atoms with Gasteiger partial charge in [0.25, 0.3) is 0 Å². The Morgan fingerprint density at radius 2 is 0.509 bits per heavy atom. The van der Waals surface area contributed by atoms with Crippen molar-refractivity contribution in [2.75, 3.05) is 0 Å². The topological polar surface area (TPSA) is 94.0 Å². The van der Waals surface area contributed by atoms with Gasteiger partial charge in [-0.05, 0) is 114 Å². The number of aromatic nitrogens is 11. The van der Waals surface area contributed by atoms with Crippen LogP contribution in [0.25, 0.3) is 240 Å². The monoisotopic (exact) mass is 1510 g/mol. The minimum atomic E-state index is 0.516. The van der Waals surface area contributed by atoms with Crippen molar-refractivity contribution < 1.29 is 0 Å². The van der Waals surface area contributed by atoms with Crippen LogP contribution in [0.5, 0.6) is 0 Å². The summed E-state index contributed by atoms with van der Waals surface area (Å²) in [5.74, 6) is 3.71. The Hall–Kier alpha value is -15.2. The molecule has 11 nitrogen and oxygen atoms in total. The Morgan fingerprint density at radius 1 is 0.198 bits per heavy atom. The third-order valence-electron chi connectivity index (χ3n) is 24.2. The molecular weight excluding hydrogens is 1460 g/mol. The fourth-order valence-electron chi connectivity index (χ4n) is 19.3. The van der Waals surface area contributed by atoms with Gasteiger partial charge in [0.05, 0.1) is 88.7 Å². The molecule has 26 rings (SSSR count). The van der Waals surface area contributed by atoms with E-state index in [-0.39, 0.29) is 0 Å². The van der Waals surface area contributed by atoms with Gasteiger partial charge in [-0.2, -0.15) is 15.0 Å². The molecule has 10 heterocycles. The average molecular weight is 1510 g/mol. The minimum absolute atomic E-state index is 0.516. The SMILES string of the molecule is c1ccc2c(c1)sc1c(-c3nc(-n4c5ccccc5c5ccccc54)cc(-n4c5ccccc5c5cc(-c6cccc7sc8c(-c9nc(-n%10c%11ccccc%11c%11ccccc%11%10)nc(-n%10c%11ccccc%11c%11ccccc%11%10)n9)c(-n9c%10ccccc%10c%10ccccc%109)ccc8c67)ccc54)n3)c(-n3c4ccccc4c4ccccc43)ccc12. The number of rotatable bonds is 9. The van der Waals surface area contributed by atoms with Crippen LogP contribution in [0.3, 0.4) is 0 Å². The Bertz CT molecular complexity index is 8380. The van der Waals surface area contributed by atoms with Gasteiger partial charge in [-0.3, -0.25) is 18.3 Å². The molecule has 10 aromatic heterocycles. The molecule has 0 amide bonds. The van der Waals surface area contributed by atoms with E-state index in [0.29, 0.717) is 23.5 Å². The molecule has 0 N–H and O–H groups in total. The molecule has 538 valence electrons. The first kappa shape index (κ1) is 63.5. The highest BCUT2D eigenvalue weighted by molar-refractivity contribution is 7.27. The number of benzene rings is 16. The summed E-state index contributed by atoms with van der Waals surface area (Å²) in [6, 6.07) is 130. The van der Waals surface area contributed by atoms with E-state index in [1.807, 2.05) is 0 Å². The Labute approximate surface area is 668 Å². The summed E-state index contributed by atoms with van der Waals surface area (Å²) in [4.78, 5) is 29.4. The first-order chi connectivity index (χ1) is 57.6. The largest absolute Gasteiger partial charge is 0.308 e. The normalized spacial score (nSPS) is 12.3. The van der Waals surface area contributed by atoms with Crippen LogP contribution in [0, 0.1) is 0 Å². The number of para-hydroxylation sites is 11. The summed E-state index contributed by atoms with van der Waals surface area (Å²) < 4.78 is 18.6. The van der Waals surface area contributed by atoms with Crippen LogP contribution in [0.1, 0.15) is 0 Å². The lowest BCUT2D eigenvalue weighted by Gasteiger charge is -2.17. The van der Waals surface area contributed by atoms with Crippen molar-refractivity contribution in [1.82, 2.24) is 52.3 Å². The van der Waals surface area contributed by atoms with E-state index in [0.717, 1.165) is 196 Å². The Kier molecular flexibility index (Phi) is 13.2. The van der Waals surface area contributed by atoms with Gasteiger partial charge in [0.1, 0.15) is 11.6 Å². The molecule has 0 spiro atoms. The van der Waals surface area contributed by atoms with E-state index in [4.69, 9.17) is 24.9 Å². The van der Waals surface area contributed by atoms with Gasteiger partial charge in [-0.25, -0.2) is 9.97 Å². The van der Waals surface area contributed by atoms with Crippen molar-refractivity contribution in [3.05, 3.63) is 358 Å². The van der Waals surface area contributed by atoms with Gasteiger partial charge >= 0.3 is 0 Å². The van der Waals surface area contributed by atoms with Crippen molar-refractivity contribution >= 4 is 194 Å². The van der Waals surface area contributed by atoms with Crippen molar-refractivity contribution in [2.24, 2.45) is 0 Å². The highest BCUT2D eigenvalue weighted by Gasteiger charge is 2.30. The number of hydrogen-bond acceptors (Lipinski definition) is 7. The van der Waals surface area contributed by atoms with Crippen LogP contribution in [-0.4, -0.2) is 52.3 Å². The van der Waals surface area contributed by atoms with Crippen LogP contribution in [-0.2, 0) is 0 Å². The molecule has 0 aliphatic rings. The van der Waals surface area contributed by atoms with Gasteiger partial charge in [-0.1, -0.05) is 249 Å². The third-order valence-corrected chi connectivity index (χ3v) is 26.5. The predicted molar refractivity (Wildman–Crippen MR) is 484 cm³/mol.